The second-order valence-electron chi connectivity index (χ2n) is 8.70. The molecule has 0 aliphatic heterocycles. The van der Waals surface area contributed by atoms with Gasteiger partial charge in [0.05, 0.1) is 6.54 Å². The number of carbonyl (C=O) groups excluding carboxylic acids is 1. The highest BCUT2D eigenvalue weighted by atomic mass is 32.2. The van der Waals surface area contributed by atoms with Crippen LogP contribution < -0.4 is 0 Å². The van der Waals surface area contributed by atoms with E-state index in [0.717, 1.165) is 11.3 Å². The molecule has 1 aromatic carbocycles. The third-order valence-corrected chi connectivity index (χ3v) is 6.89. The van der Waals surface area contributed by atoms with Crippen molar-refractivity contribution in [1.29, 1.82) is 0 Å². The van der Waals surface area contributed by atoms with Gasteiger partial charge < -0.3 is 10.0 Å². The topological polar surface area (TPSA) is 57.6 Å². The lowest BCUT2D eigenvalue weighted by Gasteiger charge is -2.18. The molecular formula is C29H43NO3S. The van der Waals surface area contributed by atoms with Crippen LogP contribution in [-0.4, -0.2) is 40.7 Å². The lowest BCUT2D eigenvalue weighted by molar-refractivity contribution is -0.137. The Morgan fingerprint density at radius 3 is 2.26 bits per heavy atom. The third kappa shape index (κ3) is 14.9. The van der Waals surface area contributed by atoms with Crippen molar-refractivity contribution >= 4 is 29.7 Å². The van der Waals surface area contributed by atoms with Crippen molar-refractivity contribution in [1.82, 2.24) is 4.90 Å². The predicted molar refractivity (Wildman–Crippen MR) is 145 cm³/mol. The number of rotatable bonds is 20. The zero-order valence-electron chi connectivity index (χ0n) is 21.0. The number of carboxylic acids is 1. The number of aliphatic carboxylic acids is 1. The van der Waals surface area contributed by atoms with Crippen LogP contribution in [0.3, 0.4) is 0 Å². The fraction of sp³-hybridized carbons (Fsp3) is 0.586. The lowest BCUT2D eigenvalue weighted by atomic mass is 10.1. The molecular weight excluding hydrogens is 442 g/mol. The molecule has 34 heavy (non-hydrogen) atoms. The van der Waals surface area contributed by atoms with Gasteiger partial charge in [0.1, 0.15) is 0 Å². The number of thioether (sulfide) groups is 1. The van der Waals surface area contributed by atoms with E-state index in [1.54, 1.807) is 4.90 Å². The minimum atomic E-state index is -0.886. The molecule has 0 spiro atoms. The highest BCUT2D eigenvalue weighted by Gasteiger charge is 2.11. The molecule has 0 fully saturated rings. The molecule has 0 atom stereocenters. The average Bonchev–Trinajstić information content (AvgIpc) is 2.82. The van der Waals surface area contributed by atoms with Crippen LogP contribution in [0.2, 0.25) is 0 Å². The maximum atomic E-state index is 12.4. The quantitative estimate of drug-likeness (QED) is 0.118. The van der Waals surface area contributed by atoms with E-state index in [1.807, 2.05) is 23.9 Å². The second-order valence-corrected chi connectivity index (χ2v) is 9.83. The summed E-state index contributed by atoms with van der Waals surface area (Å²) in [5.41, 5.74) is 1.15. The van der Waals surface area contributed by atoms with Gasteiger partial charge >= 0.3 is 5.97 Å². The van der Waals surface area contributed by atoms with E-state index in [4.69, 9.17) is 11.5 Å². The maximum absolute atomic E-state index is 12.4. The summed E-state index contributed by atoms with van der Waals surface area (Å²) in [7, 11) is 0. The number of hydrogen-bond acceptors (Lipinski definition) is 3. The first-order valence-corrected chi connectivity index (χ1v) is 13.9. The zero-order valence-corrected chi connectivity index (χ0v) is 21.8. The van der Waals surface area contributed by atoms with Crippen LogP contribution in [0.5, 0.6) is 0 Å². The van der Waals surface area contributed by atoms with Gasteiger partial charge in [-0.05, 0) is 30.2 Å². The molecule has 0 aromatic heterocycles. The standard InChI is InChI=1S/C29H43NO3S/c1-3-5-6-7-8-9-10-11-12-15-25-34-27-20-14-13-18-26(27)19-17-24-30(23-4-2)28(31)21-16-22-29(32)33/h2,13-14,17-20H,3,5-12,15-16,21-25H2,1H3,(H,32,33). The maximum Gasteiger partial charge on any atom is 0.303 e. The summed E-state index contributed by atoms with van der Waals surface area (Å²) in [6, 6.07) is 8.34. The van der Waals surface area contributed by atoms with Crippen LogP contribution >= 0.6 is 11.8 Å². The Morgan fingerprint density at radius 2 is 1.62 bits per heavy atom. The Bertz CT molecular complexity index is 769. The Hall–Kier alpha value is -2.19. The van der Waals surface area contributed by atoms with Crippen molar-refractivity contribution in [2.45, 2.75) is 95.3 Å². The van der Waals surface area contributed by atoms with E-state index in [0.29, 0.717) is 13.0 Å². The fourth-order valence-electron chi connectivity index (χ4n) is 3.74. The predicted octanol–water partition coefficient (Wildman–Crippen LogP) is 7.43. The molecule has 4 nitrogen and oxygen atoms in total. The van der Waals surface area contributed by atoms with Gasteiger partial charge in [-0.25, -0.2) is 0 Å². The monoisotopic (exact) mass is 485 g/mol. The van der Waals surface area contributed by atoms with Gasteiger partial charge in [-0.15, -0.1) is 18.2 Å². The number of hydrogen-bond donors (Lipinski definition) is 1. The molecule has 0 radical (unpaired) electrons. The van der Waals surface area contributed by atoms with Crippen molar-refractivity contribution < 1.29 is 14.7 Å². The lowest BCUT2D eigenvalue weighted by Crippen LogP contribution is -2.31. The van der Waals surface area contributed by atoms with E-state index in [-0.39, 0.29) is 25.3 Å². The van der Waals surface area contributed by atoms with Gasteiger partial charge in [-0.3, -0.25) is 9.59 Å². The molecule has 1 amide bonds. The van der Waals surface area contributed by atoms with Gasteiger partial charge in [0.25, 0.3) is 0 Å². The number of nitrogens with zero attached hydrogens (tertiary/aromatic N) is 1. The Morgan fingerprint density at radius 1 is 0.971 bits per heavy atom. The van der Waals surface area contributed by atoms with E-state index >= 15 is 0 Å². The van der Waals surface area contributed by atoms with Crippen molar-refractivity contribution in [2.24, 2.45) is 0 Å². The third-order valence-electron chi connectivity index (χ3n) is 5.71. The summed E-state index contributed by atoms with van der Waals surface area (Å²) in [6.45, 7) is 2.91. The molecule has 0 unspecified atom stereocenters. The molecule has 0 saturated carbocycles. The van der Waals surface area contributed by atoms with Crippen LogP contribution in [0, 0.1) is 12.3 Å². The summed E-state index contributed by atoms with van der Waals surface area (Å²) >= 11 is 1.89. The van der Waals surface area contributed by atoms with Gasteiger partial charge in [-0.1, -0.05) is 101 Å². The fourth-order valence-corrected chi connectivity index (χ4v) is 4.79. The van der Waals surface area contributed by atoms with Crippen LogP contribution in [0.15, 0.2) is 35.2 Å². The molecule has 0 aliphatic rings. The second kappa shape index (κ2) is 20.2. The number of benzene rings is 1. The van der Waals surface area contributed by atoms with Gasteiger partial charge in [0.2, 0.25) is 5.91 Å². The summed E-state index contributed by atoms with van der Waals surface area (Å²) in [6.07, 6.45) is 23.4. The summed E-state index contributed by atoms with van der Waals surface area (Å²) in [4.78, 5) is 25.9. The molecule has 188 valence electrons. The molecule has 0 heterocycles. The van der Waals surface area contributed by atoms with Crippen LogP contribution in [-0.2, 0) is 9.59 Å². The van der Waals surface area contributed by atoms with Gasteiger partial charge in [0, 0.05) is 24.3 Å². The van der Waals surface area contributed by atoms with E-state index < -0.39 is 5.97 Å². The Labute approximate surface area is 211 Å². The summed E-state index contributed by atoms with van der Waals surface area (Å²) in [5, 5.41) is 8.75. The number of carboxylic acid groups (broad SMARTS) is 1. The van der Waals surface area contributed by atoms with E-state index in [2.05, 4.69) is 37.1 Å². The summed E-state index contributed by atoms with van der Waals surface area (Å²) in [5.74, 6) is 2.65. The number of amides is 1. The van der Waals surface area contributed by atoms with Crippen molar-refractivity contribution in [3.05, 3.63) is 35.9 Å². The van der Waals surface area contributed by atoms with Gasteiger partial charge in [0.15, 0.2) is 0 Å². The van der Waals surface area contributed by atoms with Crippen LogP contribution in [0.25, 0.3) is 6.08 Å². The molecule has 1 rings (SSSR count). The average molecular weight is 486 g/mol. The smallest absolute Gasteiger partial charge is 0.303 e. The van der Waals surface area contributed by atoms with Crippen molar-refractivity contribution in [3.8, 4) is 12.3 Å². The largest absolute Gasteiger partial charge is 0.481 e. The SMILES string of the molecule is C#CCN(CC=Cc1ccccc1SCCCCCCCCCCCC)C(=O)CCCC(=O)O. The molecule has 1 aromatic rings. The summed E-state index contributed by atoms with van der Waals surface area (Å²) < 4.78 is 0. The van der Waals surface area contributed by atoms with Crippen LogP contribution in [0.1, 0.15) is 96.0 Å². The molecule has 0 aliphatic carbocycles. The first-order chi connectivity index (χ1) is 16.6. The molecule has 5 heteroatoms. The number of terminal acetylenes is 1. The normalized spacial score (nSPS) is 10.9. The van der Waals surface area contributed by atoms with Crippen molar-refractivity contribution in [3.63, 3.8) is 0 Å². The Kier molecular flexibility index (Phi) is 17.7. The first-order valence-electron chi connectivity index (χ1n) is 12.9. The molecule has 0 bridgehead atoms. The number of carbonyl (C=O) groups is 2. The van der Waals surface area contributed by atoms with E-state index in [9.17, 15) is 9.59 Å². The van der Waals surface area contributed by atoms with Gasteiger partial charge in [-0.2, -0.15) is 0 Å². The molecule has 1 N–H and O–H groups in total. The van der Waals surface area contributed by atoms with E-state index in [1.165, 1.54) is 69.1 Å². The minimum Gasteiger partial charge on any atom is -0.481 e. The molecule has 0 saturated heterocycles. The highest BCUT2D eigenvalue weighted by molar-refractivity contribution is 7.99. The minimum absolute atomic E-state index is 0.00484. The zero-order chi connectivity index (χ0) is 24.9. The highest BCUT2D eigenvalue weighted by Crippen LogP contribution is 2.25. The van der Waals surface area contributed by atoms with Crippen LogP contribution in [0.4, 0.5) is 0 Å². The van der Waals surface area contributed by atoms with Crippen molar-refractivity contribution in [2.75, 3.05) is 18.8 Å². The Balaban J connectivity index is 2.37. The number of unbranched alkanes of at least 4 members (excludes halogenated alkanes) is 9. The first kappa shape index (κ1) is 29.8.